The number of hydrogen-bond donors (Lipinski definition) is 3. The van der Waals surface area contributed by atoms with Crippen molar-refractivity contribution in [3.63, 3.8) is 0 Å². The van der Waals surface area contributed by atoms with Crippen molar-refractivity contribution in [3.8, 4) is 0 Å². The predicted molar refractivity (Wildman–Crippen MR) is 128 cm³/mol. The first-order valence-corrected chi connectivity index (χ1v) is 10.6. The maximum atomic E-state index is 12.3. The fourth-order valence-electron chi connectivity index (χ4n) is 3.01. The van der Waals surface area contributed by atoms with Crippen LogP contribution >= 0.6 is 11.6 Å². The highest BCUT2D eigenvalue weighted by atomic mass is 35.5. The number of amides is 3. The largest absolute Gasteiger partial charge is 0.350 e. The first kappa shape index (κ1) is 24.4. The molecule has 3 N–H and O–H groups in total. The fourth-order valence-corrected chi connectivity index (χ4v) is 3.18. The molecule has 0 fully saturated rings. The van der Waals surface area contributed by atoms with E-state index >= 15 is 0 Å². The van der Waals surface area contributed by atoms with E-state index in [0.717, 1.165) is 11.6 Å². The van der Waals surface area contributed by atoms with Crippen LogP contribution in [0.2, 0.25) is 5.02 Å². The summed E-state index contributed by atoms with van der Waals surface area (Å²) in [7, 11) is 0. The minimum absolute atomic E-state index is 0.0545. The van der Waals surface area contributed by atoms with E-state index in [0.29, 0.717) is 16.8 Å². The van der Waals surface area contributed by atoms with Crippen molar-refractivity contribution in [2.24, 2.45) is 0 Å². The number of nitrogens with one attached hydrogen (secondary N) is 3. The van der Waals surface area contributed by atoms with Crippen molar-refractivity contribution in [3.05, 3.63) is 104 Å². The normalized spacial score (nSPS) is 10.3. The number of anilines is 1. The second-order valence-electron chi connectivity index (χ2n) is 7.33. The third kappa shape index (κ3) is 6.39. The van der Waals surface area contributed by atoms with E-state index in [2.05, 4.69) is 16.0 Å². The van der Waals surface area contributed by atoms with E-state index in [1.807, 2.05) is 19.1 Å². The lowest BCUT2D eigenvalue weighted by Gasteiger charge is -2.09. The van der Waals surface area contributed by atoms with E-state index in [1.54, 1.807) is 36.4 Å². The van der Waals surface area contributed by atoms with Gasteiger partial charge in [-0.15, -0.1) is 0 Å². The standard InChI is InChI=1S/C24H21ClN4O5/c1-15-2-4-17(5-3-15)23(31)28-19-9-6-16(7-10-19)22(30)26-12-13-27-24(32)20-14-18(25)8-11-21(20)29(33)34/h2-11,14H,12-13H2,1H3,(H,26,30)(H,27,32)(H,28,31). The Hall–Kier alpha value is -4.24. The summed E-state index contributed by atoms with van der Waals surface area (Å²) in [6.45, 7) is 2.09. The summed E-state index contributed by atoms with van der Waals surface area (Å²) in [6.07, 6.45) is 0. The van der Waals surface area contributed by atoms with Gasteiger partial charge in [-0.05, 0) is 55.5 Å². The van der Waals surface area contributed by atoms with Gasteiger partial charge in [0.15, 0.2) is 0 Å². The zero-order valence-corrected chi connectivity index (χ0v) is 18.9. The Morgan fingerprint density at radius 2 is 1.38 bits per heavy atom. The summed E-state index contributed by atoms with van der Waals surface area (Å²) in [6, 6.07) is 17.2. The van der Waals surface area contributed by atoms with Gasteiger partial charge in [0, 0.05) is 41.0 Å². The molecule has 0 atom stereocenters. The number of nitro groups is 1. The van der Waals surface area contributed by atoms with Crippen molar-refractivity contribution < 1.29 is 19.3 Å². The SMILES string of the molecule is Cc1ccc(C(=O)Nc2ccc(C(=O)NCCNC(=O)c3cc(Cl)ccc3[N+](=O)[O-])cc2)cc1. The number of carbonyl (C=O) groups excluding carboxylic acids is 3. The summed E-state index contributed by atoms with van der Waals surface area (Å²) in [5.74, 6) is -1.30. The topological polar surface area (TPSA) is 130 Å². The van der Waals surface area contributed by atoms with Gasteiger partial charge in [0.25, 0.3) is 23.4 Å². The Balaban J connectivity index is 1.48. The van der Waals surface area contributed by atoms with E-state index in [9.17, 15) is 24.5 Å². The summed E-state index contributed by atoms with van der Waals surface area (Å²) in [5.41, 5.74) is 1.96. The van der Waals surface area contributed by atoms with Gasteiger partial charge in [-0.3, -0.25) is 24.5 Å². The number of carbonyl (C=O) groups is 3. The van der Waals surface area contributed by atoms with Gasteiger partial charge in [-0.25, -0.2) is 0 Å². The van der Waals surface area contributed by atoms with E-state index in [1.165, 1.54) is 12.1 Å². The van der Waals surface area contributed by atoms with Crippen LogP contribution in [0.1, 0.15) is 36.6 Å². The predicted octanol–water partition coefficient (Wildman–Crippen LogP) is 3.97. The average Bonchev–Trinajstić information content (AvgIpc) is 2.82. The summed E-state index contributed by atoms with van der Waals surface area (Å²) in [5, 5.41) is 19.2. The van der Waals surface area contributed by atoms with Crippen molar-refractivity contribution in [1.29, 1.82) is 0 Å². The van der Waals surface area contributed by atoms with Gasteiger partial charge >= 0.3 is 0 Å². The number of halogens is 1. The summed E-state index contributed by atoms with van der Waals surface area (Å²) >= 11 is 5.83. The molecular formula is C24H21ClN4O5. The van der Waals surface area contributed by atoms with Gasteiger partial charge < -0.3 is 16.0 Å². The summed E-state index contributed by atoms with van der Waals surface area (Å²) in [4.78, 5) is 47.3. The molecule has 0 aliphatic rings. The van der Waals surface area contributed by atoms with E-state index < -0.39 is 10.8 Å². The van der Waals surface area contributed by atoms with Gasteiger partial charge in [-0.1, -0.05) is 29.3 Å². The Morgan fingerprint density at radius 3 is 2.00 bits per heavy atom. The molecule has 3 amide bonds. The lowest BCUT2D eigenvalue weighted by Crippen LogP contribution is -2.34. The second kappa shape index (κ2) is 11.1. The third-order valence-electron chi connectivity index (χ3n) is 4.81. The number of nitro benzene ring substituents is 1. The Labute approximate surface area is 200 Å². The molecule has 10 heteroatoms. The monoisotopic (exact) mass is 480 g/mol. The van der Waals surface area contributed by atoms with Crippen molar-refractivity contribution >= 4 is 40.7 Å². The molecule has 3 aromatic rings. The number of rotatable bonds is 8. The molecule has 0 radical (unpaired) electrons. The molecule has 0 aliphatic heterocycles. The van der Waals surface area contributed by atoms with Crippen LogP contribution < -0.4 is 16.0 Å². The Morgan fingerprint density at radius 1 is 0.824 bits per heavy atom. The van der Waals surface area contributed by atoms with Crippen LogP contribution in [0, 0.1) is 17.0 Å². The molecule has 3 rings (SSSR count). The first-order valence-electron chi connectivity index (χ1n) is 10.2. The van der Waals surface area contributed by atoms with Crippen molar-refractivity contribution in [1.82, 2.24) is 10.6 Å². The van der Waals surface area contributed by atoms with E-state index in [-0.39, 0.29) is 41.2 Å². The van der Waals surface area contributed by atoms with Crippen LogP contribution in [0.4, 0.5) is 11.4 Å². The Kier molecular flexibility index (Phi) is 7.94. The highest BCUT2D eigenvalue weighted by molar-refractivity contribution is 6.31. The third-order valence-corrected chi connectivity index (χ3v) is 5.05. The van der Waals surface area contributed by atoms with Crippen LogP contribution in [0.15, 0.2) is 66.7 Å². The van der Waals surface area contributed by atoms with Crippen LogP contribution in [0.3, 0.4) is 0 Å². The molecule has 0 unspecified atom stereocenters. The van der Waals surface area contributed by atoms with Gasteiger partial charge in [0.1, 0.15) is 5.56 Å². The minimum Gasteiger partial charge on any atom is -0.350 e. The molecule has 9 nitrogen and oxygen atoms in total. The quantitative estimate of drug-likeness (QED) is 0.255. The van der Waals surface area contributed by atoms with E-state index in [4.69, 9.17) is 11.6 Å². The molecule has 0 saturated heterocycles. The van der Waals surface area contributed by atoms with Crippen molar-refractivity contribution in [2.45, 2.75) is 6.92 Å². The van der Waals surface area contributed by atoms with Gasteiger partial charge in [0.2, 0.25) is 0 Å². The Bertz CT molecular complexity index is 1230. The van der Waals surface area contributed by atoms with Crippen molar-refractivity contribution in [2.75, 3.05) is 18.4 Å². The highest BCUT2D eigenvalue weighted by Crippen LogP contribution is 2.22. The molecule has 0 aliphatic carbocycles. The summed E-state index contributed by atoms with van der Waals surface area (Å²) < 4.78 is 0. The second-order valence-corrected chi connectivity index (χ2v) is 7.76. The maximum absolute atomic E-state index is 12.3. The molecule has 174 valence electrons. The minimum atomic E-state index is -0.669. The molecular weight excluding hydrogens is 460 g/mol. The van der Waals surface area contributed by atoms with Crippen LogP contribution in [-0.2, 0) is 0 Å². The average molecular weight is 481 g/mol. The number of benzene rings is 3. The fraction of sp³-hybridized carbons (Fsp3) is 0.125. The molecule has 0 bridgehead atoms. The molecule has 3 aromatic carbocycles. The van der Waals surface area contributed by atoms with Crippen LogP contribution in [-0.4, -0.2) is 35.7 Å². The molecule has 0 aromatic heterocycles. The zero-order chi connectivity index (χ0) is 24.7. The van der Waals surface area contributed by atoms with Crippen LogP contribution in [0.5, 0.6) is 0 Å². The van der Waals surface area contributed by atoms with Gasteiger partial charge in [-0.2, -0.15) is 0 Å². The number of aryl methyl sites for hydroxylation is 1. The smallest absolute Gasteiger partial charge is 0.282 e. The van der Waals surface area contributed by atoms with Gasteiger partial charge in [0.05, 0.1) is 4.92 Å². The maximum Gasteiger partial charge on any atom is 0.282 e. The number of hydrogen-bond acceptors (Lipinski definition) is 5. The molecule has 34 heavy (non-hydrogen) atoms. The molecule has 0 heterocycles. The molecule has 0 spiro atoms. The lowest BCUT2D eigenvalue weighted by molar-refractivity contribution is -0.385. The molecule has 0 saturated carbocycles. The number of nitrogens with zero attached hydrogens (tertiary/aromatic N) is 1. The first-order chi connectivity index (χ1) is 16.2. The highest BCUT2D eigenvalue weighted by Gasteiger charge is 2.20. The van der Waals surface area contributed by atoms with Crippen LogP contribution in [0.25, 0.3) is 0 Å². The lowest BCUT2D eigenvalue weighted by atomic mass is 10.1. The zero-order valence-electron chi connectivity index (χ0n) is 18.1.